The smallest absolute Gasteiger partial charge is 0.303 e. The molecule has 1 aromatic carbocycles. The third-order valence-corrected chi connectivity index (χ3v) is 3.98. The summed E-state index contributed by atoms with van der Waals surface area (Å²) in [5, 5.41) is 8.58. The van der Waals surface area contributed by atoms with Crippen molar-refractivity contribution in [2.75, 3.05) is 0 Å². The second-order valence-electron chi connectivity index (χ2n) is 6.07. The number of aliphatic carboxylic acids is 1. The van der Waals surface area contributed by atoms with Gasteiger partial charge in [0.1, 0.15) is 0 Å². The molecule has 0 saturated carbocycles. The first-order valence-corrected chi connectivity index (χ1v) is 8.25. The van der Waals surface area contributed by atoms with Gasteiger partial charge in [-0.05, 0) is 36.8 Å². The van der Waals surface area contributed by atoms with E-state index >= 15 is 0 Å². The summed E-state index contributed by atoms with van der Waals surface area (Å²) in [5.74, 6) is -0.790. The van der Waals surface area contributed by atoms with E-state index in [0.29, 0.717) is 19.4 Å². The van der Waals surface area contributed by atoms with Crippen LogP contribution in [0.15, 0.2) is 30.3 Å². The lowest BCUT2D eigenvalue weighted by Crippen LogP contribution is -2.20. The van der Waals surface area contributed by atoms with Crippen LogP contribution in [0.2, 0.25) is 0 Å². The van der Waals surface area contributed by atoms with E-state index < -0.39 is 5.97 Å². The second-order valence-corrected chi connectivity index (χ2v) is 6.07. The molecular formula is C19H27NO4. The SMILES string of the molecule is C[C@@H](CCC(N)=O)[C@@H](C)OCc1ccc(/C=C/CCC(=O)O)cc1. The maximum atomic E-state index is 10.8. The molecule has 2 atom stereocenters. The van der Waals surface area contributed by atoms with Crippen molar-refractivity contribution in [1.29, 1.82) is 0 Å². The Morgan fingerprint density at radius 2 is 1.88 bits per heavy atom. The van der Waals surface area contributed by atoms with Crippen LogP contribution in [-0.2, 0) is 20.9 Å². The zero-order chi connectivity index (χ0) is 17.9. The lowest BCUT2D eigenvalue weighted by molar-refractivity contribution is -0.136. The van der Waals surface area contributed by atoms with Crippen molar-refractivity contribution in [3.05, 3.63) is 41.5 Å². The number of carboxylic acid groups (broad SMARTS) is 1. The molecule has 0 aromatic heterocycles. The fourth-order valence-corrected chi connectivity index (χ4v) is 2.15. The minimum Gasteiger partial charge on any atom is -0.481 e. The van der Waals surface area contributed by atoms with Crippen molar-refractivity contribution >= 4 is 18.0 Å². The Balaban J connectivity index is 2.38. The van der Waals surface area contributed by atoms with E-state index in [1.807, 2.05) is 43.3 Å². The fourth-order valence-electron chi connectivity index (χ4n) is 2.15. The molecule has 0 aliphatic rings. The van der Waals surface area contributed by atoms with Gasteiger partial charge < -0.3 is 15.6 Å². The summed E-state index contributed by atoms with van der Waals surface area (Å²) in [6.07, 6.45) is 5.63. The Bertz CT molecular complexity index is 551. The van der Waals surface area contributed by atoms with Gasteiger partial charge in [-0.25, -0.2) is 0 Å². The normalized spacial score (nSPS) is 13.8. The summed E-state index contributed by atoms with van der Waals surface area (Å²) in [5.41, 5.74) is 7.27. The van der Waals surface area contributed by atoms with Crippen LogP contribution in [0.3, 0.4) is 0 Å². The maximum absolute atomic E-state index is 10.8. The number of primary amides is 1. The van der Waals surface area contributed by atoms with Crippen LogP contribution in [0.4, 0.5) is 0 Å². The van der Waals surface area contributed by atoms with Gasteiger partial charge in [-0.15, -0.1) is 0 Å². The lowest BCUT2D eigenvalue weighted by atomic mass is 10.00. The molecule has 0 saturated heterocycles. The van der Waals surface area contributed by atoms with Crippen LogP contribution in [0, 0.1) is 5.92 Å². The molecule has 0 spiro atoms. The average molecular weight is 333 g/mol. The number of amides is 1. The highest BCUT2D eigenvalue weighted by Crippen LogP contribution is 2.16. The van der Waals surface area contributed by atoms with Gasteiger partial charge in [0, 0.05) is 12.8 Å². The van der Waals surface area contributed by atoms with Gasteiger partial charge in [-0.2, -0.15) is 0 Å². The highest BCUT2D eigenvalue weighted by Gasteiger charge is 2.13. The summed E-state index contributed by atoms with van der Waals surface area (Å²) < 4.78 is 5.85. The van der Waals surface area contributed by atoms with Crippen LogP contribution in [0.5, 0.6) is 0 Å². The van der Waals surface area contributed by atoms with Crippen molar-refractivity contribution in [2.45, 2.75) is 52.2 Å². The number of carbonyl (C=O) groups excluding carboxylic acids is 1. The van der Waals surface area contributed by atoms with E-state index in [2.05, 4.69) is 6.92 Å². The molecule has 3 N–H and O–H groups in total. The number of nitrogens with two attached hydrogens (primary N) is 1. The zero-order valence-corrected chi connectivity index (χ0v) is 14.4. The number of hydrogen-bond donors (Lipinski definition) is 2. The topological polar surface area (TPSA) is 89.6 Å². The first-order valence-electron chi connectivity index (χ1n) is 8.25. The molecule has 0 unspecified atom stereocenters. The Kier molecular flexibility index (Phi) is 8.79. The average Bonchev–Trinajstić information content (AvgIpc) is 2.55. The van der Waals surface area contributed by atoms with Crippen molar-refractivity contribution in [2.24, 2.45) is 11.7 Å². The number of benzene rings is 1. The van der Waals surface area contributed by atoms with E-state index in [0.717, 1.165) is 17.5 Å². The van der Waals surface area contributed by atoms with Crippen molar-refractivity contribution in [1.82, 2.24) is 0 Å². The molecule has 1 aromatic rings. The number of carboxylic acids is 1. The number of hydrogen-bond acceptors (Lipinski definition) is 3. The Morgan fingerprint density at radius 1 is 1.21 bits per heavy atom. The minimum atomic E-state index is -0.786. The van der Waals surface area contributed by atoms with Crippen LogP contribution in [0.25, 0.3) is 6.08 Å². The van der Waals surface area contributed by atoms with E-state index in [9.17, 15) is 9.59 Å². The first kappa shape index (κ1) is 19.9. The third kappa shape index (κ3) is 8.48. The van der Waals surface area contributed by atoms with Gasteiger partial charge in [-0.1, -0.05) is 43.3 Å². The number of rotatable bonds is 11. The predicted octanol–water partition coefficient (Wildman–Crippen LogP) is 3.37. The molecule has 24 heavy (non-hydrogen) atoms. The zero-order valence-electron chi connectivity index (χ0n) is 14.4. The van der Waals surface area contributed by atoms with E-state index in [1.165, 1.54) is 0 Å². The molecule has 0 aliphatic heterocycles. The van der Waals surface area contributed by atoms with Crippen LogP contribution >= 0.6 is 0 Å². The molecule has 0 heterocycles. The van der Waals surface area contributed by atoms with E-state index in [1.54, 1.807) is 0 Å². The van der Waals surface area contributed by atoms with Gasteiger partial charge >= 0.3 is 5.97 Å². The third-order valence-electron chi connectivity index (χ3n) is 3.98. The summed E-state index contributed by atoms with van der Waals surface area (Å²) in [4.78, 5) is 21.2. The molecule has 1 rings (SSSR count). The Morgan fingerprint density at radius 3 is 2.46 bits per heavy atom. The molecule has 0 bridgehead atoms. The van der Waals surface area contributed by atoms with Crippen molar-refractivity contribution < 1.29 is 19.4 Å². The van der Waals surface area contributed by atoms with Crippen molar-refractivity contribution in [3.63, 3.8) is 0 Å². The number of ether oxygens (including phenoxy) is 1. The lowest BCUT2D eigenvalue weighted by Gasteiger charge is -2.20. The van der Waals surface area contributed by atoms with E-state index in [4.69, 9.17) is 15.6 Å². The monoisotopic (exact) mass is 333 g/mol. The minimum absolute atomic E-state index is 0.0555. The summed E-state index contributed by atoms with van der Waals surface area (Å²) in [6.45, 7) is 4.58. The molecule has 5 heteroatoms. The van der Waals surface area contributed by atoms with Gasteiger partial charge in [0.25, 0.3) is 0 Å². The second kappa shape index (κ2) is 10.6. The van der Waals surface area contributed by atoms with Gasteiger partial charge in [0.05, 0.1) is 12.7 Å². The highest BCUT2D eigenvalue weighted by molar-refractivity contribution is 5.73. The summed E-state index contributed by atoms with van der Waals surface area (Å²) in [7, 11) is 0. The molecular weight excluding hydrogens is 306 g/mol. The van der Waals surface area contributed by atoms with Gasteiger partial charge in [0.15, 0.2) is 0 Å². The molecule has 132 valence electrons. The Hall–Kier alpha value is -2.14. The first-order chi connectivity index (χ1) is 11.4. The molecule has 5 nitrogen and oxygen atoms in total. The van der Waals surface area contributed by atoms with Gasteiger partial charge in [-0.3, -0.25) is 9.59 Å². The van der Waals surface area contributed by atoms with E-state index in [-0.39, 0.29) is 24.3 Å². The van der Waals surface area contributed by atoms with Crippen molar-refractivity contribution in [3.8, 4) is 0 Å². The molecule has 0 aliphatic carbocycles. The van der Waals surface area contributed by atoms with Gasteiger partial charge in [0.2, 0.25) is 5.91 Å². The fraction of sp³-hybridized carbons (Fsp3) is 0.474. The van der Waals surface area contributed by atoms with Crippen LogP contribution < -0.4 is 5.73 Å². The molecule has 0 radical (unpaired) electrons. The van der Waals surface area contributed by atoms with Crippen LogP contribution in [-0.4, -0.2) is 23.1 Å². The predicted molar refractivity (Wildman–Crippen MR) is 94.2 cm³/mol. The number of allylic oxidation sites excluding steroid dienone is 1. The number of carbonyl (C=O) groups is 2. The van der Waals surface area contributed by atoms with Crippen LogP contribution in [0.1, 0.15) is 50.7 Å². The largest absolute Gasteiger partial charge is 0.481 e. The quantitative estimate of drug-likeness (QED) is 0.649. The molecule has 1 amide bonds. The maximum Gasteiger partial charge on any atom is 0.303 e. The highest BCUT2D eigenvalue weighted by atomic mass is 16.5. The summed E-state index contributed by atoms with van der Waals surface area (Å²) >= 11 is 0. The molecule has 0 fully saturated rings. The standard InChI is InChI=1S/C19H27NO4/c1-14(7-12-18(20)21)15(2)24-13-17-10-8-16(9-11-17)5-3-4-6-19(22)23/h3,5,8-11,14-15H,4,6-7,12-13H2,1-2H3,(H2,20,21)(H,22,23)/b5-3+/t14-,15+/m0/s1. The summed E-state index contributed by atoms with van der Waals surface area (Å²) in [6, 6.07) is 7.96. The Labute approximate surface area is 143 Å².